The second-order valence-corrected chi connectivity index (χ2v) is 3.99. The summed E-state index contributed by atoms with van der Waals surface area (Å²) < 4.78 is 10.6. The Labute approximate surface area is 106 Å². The first kappa shape index (κ1) is 12.4. The van der Waals surface area contributed by atoms with E-state index in [1.165, 1.54) is 0 Å². The molecule has 0 bridgehead atoms. The largest absolute Gasteiger partial charge is 0.478 e. The quantitative estimate of drug-likeness (QED) is 0.775. The second-order valence-electron chi connectivity index (χ2n) is 3.99. The Balaban J connectivity index is 2.24. The fraction of sp³-hybridized carbons (Fsp3) is 0.267. The molecule has 2 aromatic carbocycles. The average molecular weight is 244 g/mol. The fourth-order valence-corrected chi connectivity index (χ4v) is 1.80. The van der Waals surface area contributed by atoms with Crippen LogP contribution in [0.5, 0.6) is 5.75 Å². The lowest BCUT2D eigenvalue weighted by molar-refractivity contribution is -0.150. The number of hydrogen-bond acceptors (Lipinski definition) is 3. The molecule has 0 heterocycles. The highest BCUT2D eigenvalue weighted by Gasteiger charge is 2.16. The maximum absolute atomic E-state index is 11.5. The Kier molecular flexibility index (Phi) is 3.82. The van der Waals surface area contributed by atoms with Crippen molar-refractivity contribution in [2.45, 2.75) is 20.0 Å². The number of benzene rings is 2. The van der Waals surface area contributed by atoms with Crippen LogP contribution in [0, 0.1) is 0 Å². The maximum atomic E-state index is 11.5. The first-order valence-corrected chi connectivity index (χ1v) is 6.03. The van der Waals surface area contributed by atoms with E-state index in [0.717, 1.165) is 10.8 Å². The summed E-state index contributed by atoms with van der Waals surface area (Å²) in [4.78, 5) is 11.5. The lowest BCUT2D eigenvalue weighted by Gasteiger charge is -2.14. The van der Waals surface area contributed by atoms with Gasteiger partial charge < -0.3 is 9.47 Å². The maximum Gasteiger partial charge on any atom is 0.347 e. The van der Waals surface area contributed by atoms with Crippen molar-refractivity contribution in [3.8, 4) is 5.75 Å². The number of hydrogen-bond donors (Lipinski definition) is 0. The first-order valence-electron chi connectivity index (χ1n) is 6.03. The zero-order valence-corrected chi connectivity index (χ0v) is 10.6. The predicted octanol–water partition coefficient (Wildman–Crippen LogP) is 3.17. The minimum absolute atomic E-state index is 0.342. The number of rotatable bonds is 4. The van der Waals surface area contributed by atoms with Gasteiger partial charge in [0, 0.05) is 5.39 Å². The molecular formula is C15H16O3. The van der Waals surface area contributed by atoms with Gasteiger partial charge in [-0.15, -0.1) is 0 Å². The first-order chi connectivity index (χ1) is 8.72. The standard InChI is InChI=1S/C15H16O3/c1-3-17-15(16)11(2)18-14-10-6-8-12-7-4-5-9-13(12)14/h4-11H,3H2,1-2H3/t11-/m1/s1. The molecule has 18 heavy (non-hydrogen) atoms. The van der Waals surface area contributed by atoms with Crippen LogP contribution in [0.1, 0.15) is 13.8 Å². The lowest BCUT2D eigenvalue weighted by atomic mass is 10.1. The van der Waals surface area contributed by atoms with Crippen molar-refractivity contribution in [2.24, 2.45) is 0 Å². The number of carbonyl (C=O) groups excluding carboxylic acids is 1. The molecule has 3 nitrogen and oxygen atoms in total. The van der Waals surface area contributed by atoms with E-state index in [2.05, 4.69) is 0 Å². The van der Waals surface area contributed by atoms with Crippen molar-refractivity contribution < 1.29 is 14.3 Å². The predicted molar refractivity (Wildman–Crippen MR) is 70.7 cm³/mol. The molecule has 0 unspecified atom stereocenters. The van der Waals surface area contributed by atoms with Crippen molar-refractivity contribution in [3.05, 3.63) is 42.5 Å². The SMILES string of the molecule is CCOC(=O)[C@@H](C)Oc1cccc2ccccc12. The van der Waals surface area contributed by atoms with Gasteiger partial charge in [-0.1, -0.05) is 36.4 Å². The average Bonchev–Trinajstić information content (AvgIpc) is 2.39. The Morgan fingerprint density at radius 1 is 1.17 bits per heavy atom. The lowest BCUT2D eigenvalue weighted by Crippen LogP contribution is -2.26. The third-order valence-corrected chi connectivity index (χ3v) is 2.67. The van der Waals surface area contributed by atoms with Crippen LogP contribution >= 0.6 is 0 Å². The van der Waals surface area contributed by atoms with E-state index in [-0.39, 0.29) is 5.97 Å². The van der Waals surface area contributed by atoms with Gasteiger partial charge in [-0.3, -0.25) is 0 Å². The summed E-state index contributed by atoms with van der Waals surface area (Å²) in [5, 5.41) is 2.09. The molecule has 2 aromatic rings. The van der Waals surface area contributed by atoms with Crippen molar-refractivity contribution in [1.82, 2.24) is 0 Å². The van der Waals surface area contributed by atoms with Crippen LogP contribution in [0.4, 0.5) is 0 Å². The topological polar surface area (TPSA) is 35.5 Å². The molecule has 3 heteroatoms. The van der Waals surface area contributed by atoms with Crippen molar-refractivity contribution in [1.29, 1.82) is 0 Å². The van der Waals surface area contributed by atoms with Crippen molar-refractivity contribution >= 4 is 16.7 Å². The van der Waals surface area contributed by atoms with Gasteiger partial charge in [0.05, 0.1) is 6.61 Å². The molecule has 0 amide bonds. The Morgan fingerprint density at radius 2 is 1.89 bits per heavy atom. The molecule has 0 aliphatic carbocycles. The zero-order valence-electron chi connectivity index (χ0n) is 10.6. The monoisotopic (exact) mass is 244 g/mol. The Bertz CT molecular complexity index is 543. The van der Waals surface area contributed by atoms with Crippen LogP contribution in [0.3, 0.4) is 0 Å². The molecule has 0 aliphatic heterocycles. The van der Waals surface area contributed by atoms with Crippen molar-refractivity contribution in [2.75, 3.05) is 6.61 Å². The zero-order chi connectivity index (χ0) is 13.0. The molecule has 0 aromatic heterocycles. The number of ether oxygens (including phenoxy) is 2. The minimum atomic E-state index is -0.601. The summed E-state index contributed by atoms with van der Waals surface area (Å²) in [7, 11) is 0. The summed E-state index contributed by atoms with van der Waals surface area (Å²) in [6.45, 7) is 3.84. The van der Waals surface area contributed by atoms with Gasteiger partial charge in [-0.2, -0.15) is 0 Å². The van der Waals surface area contributed by atoms with Gasteiger partial charge in [-0.05, 0) is 25.3 Å². The summed E-state index contributed by atoms with van der Waals surface area (Å²) in [6, 6.07) is 13.7. The van der Waals surface area contributed by atoms with Crippen LogP contribution in [0.2, 0.25) is 0 Å². The third kappa shape index (κ3) is 2.62. The van der Waals surface area contributed by atoms with Crippen LogP contribution in [0.25, 0.3) is 10.8 Å². The van der Waals surface area contributed by atoms with E-state index >= 15 is 0 Å². The third-order valence-electron chi connectivity index (χ3n) is 2.67. The molecule has 0 saturated heterocycles. The van der Waals surface area contributed by atoms with Gasteiger partial charge >= 0.3 is 5.97 Å². The van der Waals surface area contributed by atoms with E-state index < -0.39 is 6.10 Å². The molecule has 0 N–H and O–H groups in total. The summed E-state index contributed by atoms with van der Waals surface area (Å²) in [5.41, 5.74) is 0. The highest BCUT2D eigenvalue weighted by molar-refractivity contribution is 5.88. The fourth-order valence-electron chi connectivity index (χ4n) is 1.80. The van der Waals surface area contributed by atoms with E-state index in [9.17, 15) is 4.79 Å². The normalized spacial score (nSPS) is 12.1. The molecular weight excluding hydrogens is 228 g/mol. The summed E-state index contributed by atoms with van der Waals surface area (Å²) in [5.74, 6) is 0.360. The van der Waals surface area contributed by atoms with Gasteiger partial charge in [0.25, 0.3) is 0 Å². The second kappa shape index (κ2) is 5.54. The molecule has 1 atom stereocenters. The summed E-state index contributed by atoms with van der Waals surface area (Å²) in [6.07, 6.45) is -0.601. The van der Waals surface area contributed by atoms with Crippen LogP contribution in [0.15, 0.2) is 42.5 Å². The molecule has 0 saturated carbocycles. The molecule has 2 rings (SSSR count). The van der Waals surface area contributed by atoms with Crippen LogP contribution in [-0.2, 0) is 9.53 Å². The van der Waals surface area contributed by atoms with Crippen LogP contribution in [-0.4, -0.2) is 18.7 Å². The number of carbonyl (C=O) groups is 1. The van der Waals surface area contributed by atoms with Gasteiger partial charge in [0.2, 0.25) is 0 Å². The molecule has 0 spiro atoms. The van der Waals surface area contributed by atoms with Crippen molar-refractivity contribution in [3.63, 3.8) is 0 Å². The van der Waals surface area contributed by atoms with Gasteiger partial charge in [0.15, 0.2) is 6.10 Å². The van der Waals surface area contributed by atoms with E-state index in [0.29, 0.717) is 12.4 Å². The number of esters is 1. The van der Waals surface area contributed by atoms with Crippen LogP contribution < -0.4 is 4.74 Å². The summed E-state index contributed by atoms with van der Waals surface area (Å²) >= 11 is 0. The Hall–Kier alpha value is -2.03. The van der Waals surface area contributed by atoms with Gasteiger partial charge in [0.1, 0.15) is 5.75 Å². The van der Waals surface area contributed by atoms with Gasteiger partial charge in [-0.25, -0.2) is 4.79 Å². The molecule has 0 aliphatic rings. The van der Waals surface area contributed by atoms with E-state index in [1.54, 1.807) is 13.8 Å². The highest BCUT2D eigenvalue weighted by Crippen LogP contribution is 2.26. The number of fused-ring (bicyclic) bond motifs is 1. The molecule has 0 radical (unpaired) electrons. The molecule has 0 fully saturated rings. The Morgan fingerprint density at radius 3 is 2.67 bits per heavy atom. The van der Waals surface area contributed by atoms with E-state index in [4.69, 9.17) is 9.47 Å². The molecule has 94 valence electrons. The highest BCUT2D eigenvalue weighted by atomic mass is 16.6. The minimum Gasteiger partial charge on any atom is -0.478 e. The smallest absolute Gasteiger partial charge is 0.347 e. The van der Waals surface area contributed by atoms with E-state index in [1.807, 2.05) is 42.5 Å².